The van der Waals surface area contributed by atoms with Crippen molar-refractivity contribution in [2.75, 3.05) is 38.3 Å². The van der Waals surface area contributed by atoms with Gasteiger partial charge in [-0.15, -0.1) is 0 Å². The second kappa shape index (κ2) is 7.30. The van der Waals surface area contributed by atoms with Gasteiger partial charge in [0.05, 0.1) is 12.2 Å². The fourth-order valence-electron chi connectivity index (χ4n) is 2.52. The Morgan fingerprint density at radius 3 is 2.90 bits per heavy atom. The molecule has 1 fully saturated rings. The van der Waals surface area contributed by atoms with E-state index in [1.165, 1.54) is 0 Å². The van der Waals surface area contributed by atoms with Crippen LogP contribution in [-0.4, -0.2) is 45.5 Å². The minimum Gasteiger partial charge on any atom is -0.490 e. The summed E-state index contributed by atoms with van der Waals surface area (Å²) in [7, 11) is 1.63. The van der Waals surface area contributed by atoms with Gasteiger partial charge in [0.1, 0.15) is 18.4 Å². The molecule has 1 saturated heterocycles. The van der Waals surface area contributed by atoms with Crippen LogP contribution in [0.5, 0.6) is 5.75 Å². The number of anilines is 1. The molecule has 1 heterocycles. The quantitative estimate of drug-likeness (QED) is 0.837. The molecular formula is C16H23N3O2. The van der Waals surface area contributed by atoms with Crippen molar-refractivity contribution >= 4 is 5.69 Å². The van der Waals surface area contributed by atoms with E-state index >= 15 is 0 Å². The number of hydrogen-bond donors (Lipinski definition) is 1. The summed E-state index contributed by atoms with van der Waals surface area (Å²) in [5, 5.41) is 12.7. The molecule has 1 aliphatic rings. The van der Waals surface area contributed by atoms with E-state index in [1.54, 1.807) is 7.11 Å². The van der Waals surface area contributed by atoms with Crippen LogP contribution in [0.2, 0.25) is 0 Å². The van der Waals surface area contributed by atoms with Crippen molar-refractivity contribution in [1.82, 2.24) is 5.32 Å². The molecule has 21 heavy (non-hydrogen) atoms. The van der Waals surface area contributed by atoms with E-state index in [-0.39, 0.29) is 0 Å². The van der Waals surface area contributed by atoms with Gasteiger partial charge in [-0.1, -0.05) is 0 Å². The van der Waals surface area contributed by atoms with Gasteiger partial charge in [0, 0.05) is 44.0 Å². The molecule has 1 aromatic carbocycles. The van der Waals surface area contributed by atoms with E-state index in [4.69, 9.17) is 9.47 Å². The lowest BCUT2D eigenvalue weighted by Gasteiger charge is -2.39. The fourth-order valence-corrected chi connectivity index (χ4v) is 2.52. The Kier molecular flexibility index (Phi) is 5.43. The first-order chi connectivity index (χ1) is 10.2. The lowest BCUT2D eigenvalue weighted by molar-refractivity contribution is 0.146. The molecule has 1 aromatic rings. The molecule has 0 bridgehead atoms. The van der Waals surface area contributed by atoms with Gasteiger partial charge in [0.2, 0.25) is 0 Å². The molecule has 0 aromatic heterocycles. The fraction of sp³-hybridized carbons (Fsp3) is 0.562. The topological polar surface area (TPSA) is 57.5 Å². The van der Waals surface area contributed by atoms with Crippen molar-refractivity contribution in [2.45, 2.75) is 25.9 Å². The maximum atomic E-state index is 9.19. The Labute approximate surface area is 126 Å². The molecule has 1 aliphatic heterocycles. The molecule has 0 radical (unpaired) electrons. The van der Waals surface area contributed by atoms with Crippen LogP contribution in [0.3, 0.4) is 0 Å². The number of piperazine rings is 1. The Bertz CT molecular complexity index is 513. The summed E-state index contributed by atoms with van der Waals surface area (Å²) >= 11 is 0. The van der Waals surface area contributed by atoms with Crippen LogP contribution in [-0.2, 0) is 4.74 Å². The van der Waals surface area contributed by atoms with Crippen molar-refractivity contribution in [1.29, 1.82) is 5.26 Å². The molecule has 1 N–H and O–H groups in total. The monoisotopic (exact) mass is 289 g/mol. The van der Waals surface area contributed by atoms with Crippen LogP contribution in [0.1, 0.15) is 19.4 Å². The summed E-state index contributed by atoms with van der Waals surface area (Å²) < 4.78 is 10.7. The lowest BCUT2D eigenvalue weighted by atomic mass is 10.1. The Morgan fingerprint density at radius 1 is 1.38 bits per heavy atom. The van der Waals surface area contributed by atoms with Crippen LogP contribution in [0.25, 0.3) is 0 Å². The number of hydrogen-bond acceptors (Lipinski definition) is 5. The Morgan fingerprint density at radius 2 is 2.19 bits per heavy atom. The summed E-state index contributed by atoms with van der Waals surface area (Å²) in [6.07, 6.45) is 0. The minimum absolute atomic E-state index is 0.418. The second-order valence-corrected chi connectivity index (χ2v) is 5.44. The van der Waals surface area contributed by atoms with Gasteiger partial charge in [-0.3, -0.25) is 0 Å². The molecule has 0 amide bonds. The third-order valence-electron chi connectivity index (χ3n) is 3.73. The van der Waals surface area contributed by atoms with Crippen LogP contribution in [0, 0.1) is 11.3 Å². The number of rotatable bonds is 5. The van der Waals surface area contributed by atoms with E-state index in [2.05, 4.69) is 30.1 Å². The van der Waals surface area contributed by atoms with Gasteiger partial charge < -0.3 is 19.7 Å². The predicted octanol–water partition coefficient (Wildman–Crippen LogP) is 1.77. The van der Waals surface area contributed by atoms with Crippen molar-refractivity contribution in [3.05, 3.63) is 23.8 Å². The molecule has 0 unspecified atom stereocenters. The van der Waals surface area contributed by atoms with Crippen molar-refractivity contribution in [3.63, 3.8) is 0 Å². The minimum atomic E-state index is 0.418. The first-order valence-electron chi connectivity index (χ1n) is 7.31. The van der Waals surface area contributed by atoms with E-state index in [0.717, 1.165) is 18.8 Å². The number of methoxy groups -OCH3 is 1. The number of nitrogens with zero attached hydrogens (tertiary/aromatic N) is 2. The van der Waals surface area contributed by atoms with Gasteiger partial charge in [-0.05, 0) is 26.0 Å². The van der Waals surface area contributed by atoms with Crippen LogP contribution in [0.15, 0.2) is 18.2 Å². The van der Waals surface area contributed by atoms with Gasteiger partial charge in [0.25, 0.3) is 0 Å². The van der Waals surface area contributed by atoms with Crippen molar-refractivity contribution in [2.24, 2.45) is 0 Å². The zero-order valence-electron chi connectivity index (χ0n) is 12.9. The third-order valence-corrected chi connectivity index (χ3v) is 3.73. The normalized spacial score (nSPS) is 21.9. The molecule has 0 aliphatic carbocycles. The molecule has 0 saturated carbocycles. The van der Waals surface area contributed by atoms with Gasteiger partial charge >= 0.3 is 0 Å². The summed E-state index contributed by atoms with van der Waals surface area (Å²) in [4.78, 5) is 2.35. The summed E-state index contributed by atoms with van der Waals surface area (Å²) in [6, 6.07) is 8.83. The van der Waals surface area contributed by atoms with Gasteiger partial charge in [-0.25, -0.2) is 0 Å². The zero-order valence-corrected chi connectivity index (χ0v) is 12.9. The zero-order chi connectivity index (χ0) is 15.2. The standard InChI is InChI=1S/C16H23N3O2/c1-12-11-19(13(2)10-18-12)15-5-4-14(9-17)16(8-15)21-7-6-20-3/h4-5,8,12-13,18H,6-7,10-11H2,1-3H3/t12-,13+/m1/s1. The van der Waals surface area contributed by atoms with E-state index in [1.807, 2.05) is 18.2 Å². The summed E-state index contributed by atoms with van der Waals surface area (Å²) in [5.41, 5.74) is 1.66. The average Bonchev–Trinajstić information content (AvgIpc) is 2.50. The Hall–Kier alpha value is -1.77. The molecule has 5 nitrogen and oxygen atoms in total. The van der Waals surface area contributed by atoms with Crippen molar-refractivity contribution < 1.29 is 9.47 Å². The number of nitriles is 1. The second-order valence-electron chi connectivity index (χ2n) is 5.44. The highest BCUT2D eigenvalue weighted by molar-refractivity contribution is 5.58. The number of benzene rings is 1. The van der Waals surface area contributed by atoms with Gasteiger partial charge in [-0.2, -0.15) is 5.26 Å². The smallest absolute Gasteiger partial charge is 0.139 e. The van der Waals surface area contributed by atoms with E-state index < -0.39 is 0 Å². The van der Waals surface area contributed by atoms with Crippen LogP contribution >= 0.6 is 0 Å². The molecular weight excluding hydrogens is 266 g/mol. The summed E-state index contributed by atoms with van der Waals surface area (Å²) in [5.74, 6) is 0.630. The average molecular weight is 289 g/mol. The van der Waals surface area contributed by atoms with Crippen LogP contribution in [0.4, 0.5) is 5.69 Å². The highest BCUT2D eigenvalue weighted by atomic mass is 16.5. The Balaban J connectivity index is 2.20. The molecule has 5 heteroatoms. The molecule has 0 spiro atoms. The molecule has 2 rings (SSSR count). The largest absolute Gasteiger partial charge is 0.490 e. The summed E-state index contributed by atoms with van der Waals surface area (Å²) in [6.45, 7) is 7.24. The molecule has 2 atom stereocenters. The maximum Gasteiger partial charge on any atom is 0.139 e. The third kappa shape index (κ3) is 3.87. The molecule has 114 valence electrons. The SMILES string of the molecule is COCCOc1cc(N2C[C@@H](C)NC[C@@H]2C)ccc1C#N. The van der Waals surface area contributed by atoms with Gasteiger partial charge in [0.15, 0.2) is 0 Å². The first kappa shape index (κ1) is 15.6. The highest BCUT2D eigenvalue weighted by Crippen LogP contribution is 2.27. The lowest BCUT2D eigenvalue weighted by Crippen LogP contribution is -2.54. The predicted molar refractivity (Wildman–Crippen MR) is 82.8 cm³/mol. The first-order valence-corrected chi connectivity index (χ1v) is 7.31. The highest BCUT2D eigenvalue weighted by Gasteiger charge is 2.23. The number of ether oxygens (including phenoxy) is 2. The van der Waals surface area contributed by atoms with Crippen LogP contribution < -0.4 is 15.0 Å². The van der Waals surface area contributed by atoms with E-state index in [9.17, 15) is 5.26 Å². The van der Waals surface area contributed by atoms with Crippen molar-refractivity contribution in [3.8, 4) is 11.8 Å². The van der Waals surface area contributed by atoms with E-state index in [0.29, 0.717) is 36.6 Å². The number of nitrogens with one attached hydrogen (secondary N) is 1. The maximum absolute atomic E-state index is 9.19.